The van der Waals surface area contributed by atoms with Gasteiger partial charge in [0.25, 0.3) is 5.91 Å². The minimum atomic E-state index is -0.474. The molecule has 0 bridgehead atoms. The molecule has 5 nitrogen and oxygen atoms in total. The summed E-state index contributed by atoms with van der Waals surface area (Å²) in [6.07, 6.45) is 0. The Morgan fingerprint density at radius 2 is 1.64 bits per heavy atom. The molecule has 7 heteroatoms. The fraction of sp³-hybridized carbons (Fsp3) is 0.0476. The number of carbonyl (C=O) groups is 2. The van der Waals surface area contributed by atoms with Crippen LogP contribution in [-0.4, -0.2) is 19.0 Å². The Morgan fingerprint density at radius 1 is 0.929 bits per heavy atom. The minimum Gasteiger partial charge on any atom is -0.465 e. The van der Waals surface area contributed by atoms with Gasteiger partial charge in [0, 0.05) is 16.9 Å². The van der Waals surface area contributed by atoms with Gasteiger partial charge < -0.3 is 15.4 Å². The Morgan fingerprint density at radius 3 is 2.32 bits per heavy atom. The van der Waals surface area contributed by atoms with E-state index in [4.69, 9.17) is 16.3 Å². The Balaban J connectivity index is 1.71. The average Bonchev–Trinajstić information content (AvgIpc) is 2.70. The fourth-order valence-electron chi connectivity index (χ4n) is 2.49. The topological polar surface area (TPSA) is 67.4 Å². The molecule has 3 aromatic rings. The monoisotopic (exact) mass is 398 g/mol. The third kappa shape index (κ3) is 4.66. The predicted octanol–water partition coefficient (Wildman–Crippen LogP) is 5.26. The van der Waals surface area contributed by atoms with Gasteiger partial charge in [0.15, 0.2) is 0 Å². The summed E-state index contributed by atoms with van der Waals surface area (Å²) in [5.41, 5.74) is 2.39. The van der Waals surface area contributed by atoms with Crippen LogP contribution in [0.2, 0.25) is 5.02 Å². The van der Waals surface area contributed by atoms with E-state index in [9.17, 15) is 14.0 Å². The van der Waals surface area contributed by atoms with Crippen LogP contribution >= 0.6 is 11.6 Å². The van der Waals surface area contributed by atoms with Gasteiger partial charge >= 0.3 is 5.97 Å². The molecule has 0 aliphatic heterocycles. The Labute approximate surface area is 166 Å². The zero-order valence-electron chi connectivity index (χ0n) is 14.8. The van der Waals surface area contributed by atoms with E-state index in [0.29, 0.717) is 27.6 Å². The lowest BCUT2D eigenvalue weighted by Gasteiger charge is -2.11. The number of anilines is 3. The number of carbonyl (C=O) groups excluding carboxylic acids is 2. The number of methoxy groups -OCH3 is 1. The highest BCUT2D eigenvalue weighted by Gasteiger charge is 2.10. The smallest absolute Gasteiger partial charge is 0.337 e. The van der Waals surface area contributed by atoms with Gasteiger partial charge in [-0.05, 0) is 60.7 Å². The molecule has 0 spiro atoms. The van der Waals surface area contributed by atoms with Crippen molar-refractivity contribution in [3.05, 3.63) is 88.7 Å². The molecule has 0 aromatic heterocycles. The molecular weight excluding hydrogens is 383 g/mol. The van der Waals surface area contributed by atoms with Crippen molar-refractivity contribution >= 4 is 40.5 Å². The number of halogens is 2. The second-order valence-electron chi connectivity index (χ2n) is 5.85. The second kappa shape index (κ2) is 8.54. The molecule has 142 valence electrons. The van der Waals surface area contributed by atoms with Gasteiger partial charge in [-0.25, -0.2) is 9.18 Å². The van der Waals surface area contributed by atoms with Crippen molar-refractivity contribution in [1.29, 1.82) is 0 Å². The van der Waals surface area contributed by atoms with Gasteiger partial charge in [-0.2, -0.15) is 0 Å². The number of nitrogens with one attached hydrogen (secondary N) is 2. The molecule has 0 heterocycles. The zero-order valence-corrected chi connectivity index (χ0v) is 15.6. The summed E-state index contributed by atoms with van der Waals surface area (Å²) < 4.78 is 17.9. The molecule has 0 unspecified atom stereocenters. The van der Waals surface area contributed by atoms with Crippen LogP contribution in [0.4, 0.5) is 21.5 Å². The Bertz CT molecular complexity index is 1020. The highest BCUT2D eigenvalue weighted by Crippen LogP contribution is 2.27. The van der Waals surface area contributed by atoms with Gasteiger partial charge in [0.1, 0.15) is 5.82 Å². The van der Waals surface area contributed by atoms with Crippen molar-refractivity contribution < 1.29 is 18.7 Å². The van der Waals surface area contributed by atoms with Crippen LogP contribution < -0.4 is 10.6 Å². The van der Waals surface area contributed by atoms with E-state index in [1.165, 1.54) is 31.4 Å². The first-order chi connectivity index (χ1) is 13.5. The van der Waals surface area contributed by atoms with Gasteiger partial charge in [0.05, 0.1) is 23.4 Å². The summed E-state index contributed by atoms with van der Waals surface area (Å²) >= 11 is 6.17. The van der Waals surface area contributed by atoms with E-state index >= 15 is 0 Å². The lowest BCUT2D eigenvalue weighted by atomic mass is 10.2. The summed E-state index contributed by atoms with van der Waals surface area (Å²) in [4.78, 5) is 23.8. The number of ether oxygens (including phenoxy) is 1. The third-order valence-corrected chi connectivity index (χ3v) is 4.23. The number of hydrogen-bond acceptors (Lipinski definition) is 4. The van der Waals surface area contributed by atoms with Gasteiger partial charge in [0.2, 0.25) is 0 Å². The van der Waals surface area contributed by atoms with E-state index in [2.05, 4.69) is 10.6 Å². The lowest BCUT2D eigenvalue weighted by molar-refractivity contribution is 0.0600. The molecule has 3 rings (SSSR count). The average molecular weight is 399 g/mol. The SMILES string of the molecule is COC(=O)c1ccc(Cl)c(Nc2ccc(NC(=O)c3cccc(F)c3)cc2)c1. The van der Waals surface area contributed by atoms with Crippen molar-refractivity contribution in [1.82, 2.24) is 0 Å². The van der Waals surface area contributed by atoms with Crippen LogP contribution in [0.5, 0.6) is 0 Å². The fourth-order valence-corrected chi connectivity index (χ4v) is 2.66. The molecule has 0 atom stereocenters. The quantitative estimate of drug-likeness (QED) is 0.575. The number of hydrogen-bond donors (Lipinski definition) is 2. The maximum absolute atomic E-state index is 13.2. The van der Waals surface area contributed by atoms with E-state index < -0.39 is 17.7 Å². The highest BCUT2D eigenvalue weighted by atomic mass is 35.5. The third-order valence-electron chi connectivity index (χ3n) is 3.90. The molecule has 0 aliphatic carbocycles. The molecular formula is C21H16ClFN2O3. The van der Waals surface area contributed by atoms with Crippen LogP contribution in [-0.2, 0) is 4.74 Å². The van der Waals surface area contributed by atoms with Gasteiger partial charge in [-0.3, -0.25) is 4.79 Å². The van der Waals surface area contributed by atoms with Crippen molar-refractivity contribution in [2.45, 2.75) is 0 Å². The normalized spacial score (nSPS) is 10.2. The summed E-state index contributed by atoms with van der Waals surface area (Å²) in [6.45, 7) is 0. The lowest BCUT2D eigenvalue weighted by Crippen LogP contribution is -2.11. The summed E-state index contributed by atoms with van der Waals surface area (Å²) in [5, 5.41) is 6.25. The number of benzene rings is 3. The molecule has 1 amide bonds. The van der Waals surface area contributed by atoms with E-state index in [1.807, 2.05) is 0 Å². The first-order valence-corrected chi connectivity index (χ1v) is 8.66. The first kappa shape index (κ1) is 19.4. The molecule has 0 radical (unpaired) electrons. The van der Waals surface area contributed by atoms with Crippen LogP contribution in [0.1, 0.15) is 20.7 Å². The van der Waals surface area contributed by atoms with Crippen molar-refractivity contribution in [2.24, 2.45) is 0 Å². The van der Waals surface area contributed by atoms with E-state index in [-0.39, 0.29) is 5.56 Å². The highest BCUT2D eigenvalue weighted by molar-refractivity contribution is 6.33. The molecule has 28 heavy (non-hydrogen) atoms. The Hall–Kier alpha value is -3.38. The molecule has 0 saturated carbocycles. The zero-order chi connectivity index (χ0) is 20.1. The summed E-state index contributed by atoms with van der Waals surface area (Å²) in [6, 6.07) is 17.1. The summed E-state index contributed by atoms with van der Waals surface area (Å²) in [7, 11) is 1.31. The van der Waals surface area contributed by atoms with Crippen LogP contribution in [0.3, 0.4) is 0 Å². The number of esters is 1. The number of amides is 1. The second-order valence-corrected chi connectivity index (χ2v) is 6.26. The largest absolute Gasteiger partial charge is 0.465 e. The van der Waals surface area contributed by atoms with Crippen LogP contribution in [0.25, 0.3) is 0 Å². The number of rotatable bonds is 5. The molecule has 0 fully saturated rings. The maximum Gasteiger partial charge on any atom is 0.337 e. The van der Waals surface area contributed by atoms with Crippen LogP contribution in [0.15, 0.2) is 66.7 Å². The van der Waals surface area contributed by atoms with Crippen molar-refractivity contribution in [3.8, 4) is 0 Å². The van der Waals surface area contributed by atoms with E-state index in [1.54, 1.807) is 42.5 Å². The Kier molecular flexibility index (Phi) is 5.91. The predicted molar refractivity (Wildman–Crippen MR) is 107 cm³/mol. The minimum absolute atomic E-state index is 0.230. The molecule has 2 N–H and O–H groups in total. The first-order valence-electron chi connectivity index (χ1n) is 8.28. The summed E-state index contributed by atoms with van der Waals surface area (Å²) in [5.74, 6) is -1.34. The standard InChI is InChI=1S/C21H16ClFN2O3/c1-28-21(27)14-5-10-18(22)19(12-14)24-16-6-8-17(9-7-16)25-20(26)13-3-2-4-15(23)11-13/h2-12,24H,1H3,(H,25,26). The van der Waals surface area contributed by atoms with Gasteiger partial charge in [-0.1, -0.05) is 17.7 Å². The molecule has 0 saturated heterocycles. The van der Waals surface area contributed by atoms with E-state index in [0.717, 1.165) is 0 Å². The van der Waals surface area contributed by atoms with Gasteiger partial charge in [-0.15, -0.1) is 0 Å². The van der Waals surface area contributed by atoms with Crippen molar-refractivity contribution in [3.63, 3.8) is 0 Å². The molecule has 0 aliphatic rings. The maximum atomic E-state index is 13.2. The van der Waals surface area contributed by atoms with Crippen LogP contribution in [0, 0.1) is 5.82 Å². The molecule has 3 aromatic carbocycles. The van der Waals surface area contributed by atoms with Crippen molar-refractivity contribution in [2.75, 3.05) is 17.7 Å².